The van der Waals surface area contributed by atoms with Gasteiger partial charge in [-0.3, -0.25) is 19.5 Å². The van der Waals surface area contributed by atoms with E-state index in [2.05, 4.69) is 4.98 Å². The predicted octanol–water partition coefficient (Wildman–Crippen LogP) is 5.33. The third-order valence-corrected chi connectivity index (χ3v) is 6.93. The zero-order chi connectivity index (χ0) is 24.7. The summed E-state index contributed by atoms with van der Waals surface area (Å²) in [7, 11) is 0. The number of ether oxygens (including phenoxy) is 1. The van der Waals surface area contributed by atoms with Crippen molar-refractivity contribution in [3.63, 3.8) is 0 Å². The maximum atomic E-state index is 13.4. The summed E-state index contributed by atoms with van der Waals surface area (Å²) < 4.78 is 6.41. The number of thiazole rings is 1. The summed E-state index contributed by atoms with van der Waals surface area (Å²) in [6.07, 6.45) is 3.19. The van der Waals surface area contributed by atoms with Gasteiger partial charge in [0.05, 0.1) is 28.4 Å². The standard InChI is InChI=1S/C27H23N3O4S/c1-4-34-19-7-5-18(6-8-19)24(31)21-23(17-9-11-28-12-10-17)30(26(33)25(21)32)27-29-22-16(3)13-15(2)14-20(22)35-27/h5-14,23,31H,4H2,1-3H3/b24-21+. The van der Waals surface area contributed by atoms with Crippen molar-refractivity contribution in [2.75, 3.05) is 11.5 Å². The topological polar surface area (TPSA) is 92.6 Å². The summed E-state index contributed by atoms with van der Waals surface area (Å²) in [5.74, 6) is -1.09. The molecule has 3 heterocycles. The Morgan fingerprint density at radius 3 is 2.49 bits per heavy atom. The van der Waals surface area contributed by atoms with Gasteiger partial charge in [0.2, 0.25) is 0 Å². The first-order valence-electron chi connectivity index (χ1n) is 11.2. The molecule has 1 saturated heterocycles. The van der Waals surface area contributed by atoms with E-state index in [1.54, 1.807) is 48.8 Å². The summed E-state index contributed by atoms with van der Waals surface area (Å²) >= 11 is 1.35. The Labute approximate surface area is 206 Å². The monoisotopic (exact) mass is 485 g/mol. The van der Waals surface area contributed by atoms with Crippen LogP contribution < -0.4 is 9.64 Å². The molecule has 0 saturated carbocycles. The number of Topliss-reactive ketones (excluding diaryl/α,β-unsaturated/α-hetero) is 1. The van der Waals surface area contributed by atoms with Crippen LogP contribution >= 0.6 is 11.3 Å². The van der Waals surface area contributed by atoms with Crippen molar-refractivity contribution in [1.82, 2.24) is 9.97 Å². The molecule has 2 aromatic carbocycles. The molecule has 1 aliphatic heterocycles. The number of aliphatic hydroxyl groups is 1. The first-order valence-corrected chi connectivity index (χ1v) is 12.0. The minimum Gasteiger partial charge on any atom is -0.507 e. The molecule has 0 spiro atoms. The quantitative estimate of drug-likeness (QED) is 0.233. The summed E-state index contributed by atoms with van der Waals surface area (Å²) in [6.45, 7) is 6.37. The molecule has 0 radical (unpaired) electrons. The van der Waals surface area contributed by atoms with Gasteiger partial charge >= 0.3 is 5.91 Å². The van der Waals surface area contributed by atoms with Gasteiger partial charge in [-0.25, -0.2) is 4.98 Å². The summed E-state index contributed by atoms with van der Waals surface area (Å²) in [4.78, 5) is 36.9. The van der Waals surface area contributed by atoms with E-state index in [0.29, 0.717) is 28.6 Å². The normalized spacial score (nSPS) is 17.3. The van der Waals surface area contributed by atoms with Gasteiger partial charge in [-0.05, 0) is 79.9 Å². The van der Waals surface area contributed by atoms with Gasteiger partial charge < -0.3 is 9.84 Å². The van der Waals surface area contributed by atoms with Crippen LogP contribution in [-0.2, 0) is 9.59 Å². The molecule has 1 N–H and O–H groups in total. The van der Waals surface area contributed by atoms with Crippen molar-refractivity contribution in [3.8, 4) is 5.75 Å². The van der Waals surface area contributed by atoms with Crippen LogP contribution in [0.3, 0.4) is 0 Å². The van der Waals surface area contributed by atoms with E-state index in [1.807, 2.05) is 32.9 Å². The van der Waals surface area contributed by atoms with E-state index in [-0.39, 0.29) is 11.3 Å². The zero-order valence-electron chi connectivity index (χ0n) is 19.5. The van der Waals surface area contributed by atoms with Gasteiger partial charge in [-0.15, -0.1) is 0 Å². The van der Waals surface area contributed by atoms with Gasteiger partial charge in [-0.1, -0.05) is 17.4 Å². The fraction of sp³-hybridized carbons (Fsp3) is 0.185. The average molecular weight is 486 g/mol. The molecule has 0 bridgehead atoms. The number of aliphatic hydroxyl groups excluding tert-OH is 1. The van der Waals surface area contributed by atoms with Crippen LogP contribution in [0.15, 0.2) is 66.5 Å². The van der Waals surface area contributed by atoms with E-state index in [1.165, 1.54) is 16.2 Å². The van der Waals surface area contributed by atoms with Gasteiger partial charge in [0.25, 0.3) is 5.78 Å². The van der Waals surface area contributed by atoms with Gasteiger partial charge in [-0.2, -0.15) is 0 Å². The van der Waals surface area contributed by atoms with E-state index in [0.717, 1.165) is 21.3 Å². The van der Waals surface area contributed by atoms with Gasteiger partial charge in [0, 0.05) is 18.0 Å². The summed E-state index contributed by atoms with van der Waals surface area (Å²) in [6, 6.07) is 13.4. The molecule has 5 rings (SSSR count). The minimum absolute atomic E-state index is 0.0116. The molecule has 2 aromatic heterocycles. The first kappa shape index (κ1) is 22.7. The molecule has 1 atom stereocenters. The SMILES string of the molecule is CCOc1ccc(/C(O)=C2\C(=O)C(=O)N(c3nc4c(C)cc(C)cc4s3)C2c2ccncc2)cc1. The molecule has 1 aliphatic rings. The van der Waals surface area contributed by atoms with Crippen molar-refractivity contribution in [2.24, 2.45) is 0 Å². The van der Waals surface area contributed by atoms with Crippen molar-refractivity contribution >= 4 is 44.1 Å². The Morgan fingerprint density at radius 1 is 1.09 bits per heavy atom. The van der Waals surface area contributed by atoms with Crippen LogP contribution in [0.1, 0.15) is 35.2 Å². The van der Waals surface area contributed by atoms with Crippen molar-refractivity contribution in [1.29, 1.82) is 0 Å². The number of pyridine rings is 1. The van der Waals surface area contributed by atoms with Crippen LogP contribution in [0.2, 0.25) is 0 Å². The summed E-state index contributed by atoms with van der Waals surface area (Å²) in [5, 5.41) is 11.7. The highest BCUT2D eigenvalue weighted by molar-refractivity contribution is 7.22. The number of nitrogens with zero attached hydrogens (tertiary/aromatic N) is 3. The number of aromatic nitrogens is 2. The molecule has 35 heavy (non-hydrogen) atoms. The largest absolute Gasteiger partial charge is 0.507 e. The number of benzene rings is 2. The highest BCUT2D eigenvalue weighted by Gasteiger charge is 2.48. The number of carbonyl (C=O) groups excluding carboxylic acids is 2. The van der Waals surface area contributed by atoms with Crippen molar-refractivity contribution in [2.45, 2.75) is 26.8 Å². The number of hydrogen-bond acceptors (Lipinski definition) is 7. The molecule has 4 aromatic rings. The fourth-order valence-corrected chi connectivity index (χ4v) is 5.55. The van der Waals surface area contributed by atoms with Crippen LogP contribution in [0.25, 0.3) is 16.0 Å². The molecule has 7 nitrogen and oxygen atoms in total. The number of amides is 1. The average Bonchev–Trinajstić information content (AvgIpc) is 3.38. The Kier molecular flexibility index (Phi) is 5.82. The number of anilines is 1. The third kappa shape index (κ3) is 3.95. The number of hydrogen-bond donors (Lipinski definition) is 1. The Bertz CT molecular complexity index is 1480. The van der Waals surface area contributed by atoms with Gasteiger partial charge in [0.1, 0.15) is 11.5 Å². The maximum absolute atomic E-state index is 13.4. The lowest BCUT2D eigenvalue weighted by molar-refractivity contribution is -0.132. The second kappa shape index (κ2) is 8.96. The maximum Gasteiger partial charge on any atom is 0.301 e. The smallest absolute Gasteiger partial charge is 0.301 e. The van der Waals surface area contributed by atoms with Crippen LogP contribution in [0.5, 0.6) is 5.75 Å². The lowest BCUT2D eigenvalue weighted by Gasteiger charge is -2.22. The molecule has 1 unspecified atom stereocenters. The molecule has 1 amide bonds. The van der Waals surface area contributed by atoms with E-state index in [9.17, 15) is 14.7 Å². The fourth-order valence-electron chi connectivity index (χ4n) is 4.38. The van der Waals surface area contributed by atoms with Gasteiger partial charge in [0.15, 0.2) is 5.13 Å². The number of aryl methyl sites for hydroxylation is 2. The van der Waals surface area contributed by atoms with Crippen molar-refractivity contribution < 1.29 is 19.4 Å². The number of carbonyl (C=O) groups is 2. The van der Waals surface area contributed by atoms with Crippen LogP contribution in [0, 0.1) is 13.8 Å². The third-order valence-electron chi connectivity index (χ3n) is 5.93. The molecule has 1 fully saturated rings. The van der Waals surface area contributed by atoms with Crippen molar-refractivity contribution in [3.05, 3.63) is 88.8 Å². The molecule has 176 valence electrons. The van der Waals surface area contributed by atoms with Crippen LogP contribution in [0.4, 0.5) is 5.13 Å². The Morgan fingerprint density at radius 2 is 1.80 bits per heavy atom. The predicted molar refractivity (Wildman–Crippen MR) is 136 cm³/mol. The van der Waals surface area contributed by atoms with E-state index >= 15 is 0 Å². The van der Waals surface area contributed by atoms with Crippen LogP contribution in [-0.4, -0.2) is 33.4 Å². The van der Waals surface area contributed by atoms with E-state index in [4.69, 9.17) is 9.72 Å². The minimum atomic E-state index is -0.841. The molecular formula is C27H23N3O4S. The number of rotatable bonds is 5. The second-order valence-corrected chi connectivity index (χ2v) is 9.34. The molecular weight excluding hydrogens is 462 g/mol. The highest BCUT2D eigenvalue weighted by atomic mass is 32.1. The lowest BCUT2D eigenvalue weighted by Crippen LogP contribution is -2.29. The molecule has 0 aliphatic carbocycles. The first-order chi connectivity index (χ1) is 16.9. The van der Waals surface area contributed by atoms with E-state index < -0.39 is 17.7 Å². The molecule has 8 heteroatoms. The summed E-state index contributed by atoms with van der Waals surface area (Å²) in [5.41, 5.74) is 3.96. The number of fused-ring (bicyclic) bond motifs is 1. The highest BCUT2D eigenvalue weighted by Crippen LogP contribution is 2.44. The Hall–Kier alpha value is -4.04. The second-order valence-electron chi connectivity index (χ2n) is 8.33. The number of ketones is 1. The Balaban J connectivity index is 1.68. The zero-order valence-corrected chi connectivity index (χ0v) is 20.3. The lowest BCUT2D eigenvalue weighted by atomic mass is 9.96.